The van der Waals surface area contributed by atoms with Crippen molar-refractivity contribution in [1.29, 1.82) is 0 Å². The second kappa shape index (κ2) is 9.58. The van der Waals surface area contributed by atoms with Crippen LogP contribution in [-0.2, 0) is 11.4 Å². The maximum Gasteiger partial charge on any atom is 0.266 e. The standard InChI is InChI=1S/C24H20INO3S2/c1-3-26-23(27)21(31-24(26)30)13-16-11-19(25)22(20(12-16)28-2)29-14-15-8-9-17-6-4-5-7-18(17)10-15/h4-13H,3,14H2,1-2H3/b21-13-. The van der Waals surface area contributed by atoms with Crippen LogP contribution in [0.15, 0.2) is 59.5 Å². The number of amides is 1. The molecule has 0 aromatic heterocycles. The van der Waals surface area contributed by atoms with E-state index in [-0.39, 0.29) is 5.91 Å². The van der Waals surface area contributed by atoms with Crippen LogP contribution in [0.3, 0.4) is 0 Å². The minimum absolute atomic E-state index is 0.0527. The normalized spacial score (nSPS) is 15.2. The molecule has 1 aliphatic heterocycles. The molecular formula is C24H20INO3S2. The van der Waals surface area contributed by atoms with Crippen molar-refractivity contribution >= 4 is 73.6 Å². The molecular weight excluding hydrogens is 541 g/mol. The number of hydrogen-bond donors (Lipinski definition) is 0. The Bertz CT molecular complexity index is 1210. The Labute approximate surface area is 204 Å². The SMILES string of the molecule is CCN1C(=O)/C(=C/c2cc(I)c(OCc3ccc4ccccc4c3)c(OC)c2)SC1=S. The van der Waals surface area contributed by atoms with Gasteiger partial charge in [0.05, 0.1) is 15.6 Å². The molecule has 0 atom stereocenters. The number of methoxy groups -OCH3 is 1. The predicted octanol–water partition coefficient (Wildman–Crippen LogP) is 6.25. The Balaban J connectivity index is 1.57. The van der Waals surface area contributed by atoms with Gasteiger partial charge in [-0.25, -0.2) is 0 Å². The van der Waals surface area contributed by atoms with Crippen LogP contribution in [0.2, 0.25) is 0 Å². The van der Waals surface area contributed by atoms with Gasteiger partial charge in [0.15, 0.2) is 11.5 Å². The molecule has 0 saturated carbocycles. The lowest BCUT2D eigenvalue weighted by molar-refractivity contribution is -0.121. The third-order valence-corrected chi connectivity index (χ3v) is 7.12. The molecule has 31 heavy (non-hydrogen) atoms. The first-order valence-corrected chi connectivity index (χ1v) is 12.0. The minimum atomic E-state index is -0.0527. The Morgan fingerprint density at radius 3 is 2.61 bits per heavy atom. The van der Waals surface area contributed by atoms with E-state index in [1.165, 1.54) is 22.5 Å². The summed E-state index contributed by atoms with van der Waals surface area (Å²) in [6, 6.07) is 18.4. The number of nitrogens with zero attached hydrogens (tertiary/aromatic N) is 1. The van der Waals surface area contributed by atoms with Gasteiger partial charge in [-0.3, -0.25) is 9.69 Å². The summed E-state index contributed by atoms with van der Waals surface area (Å²) in [5, 5.41) is 2.39. The molecule has 1 fully saturated rings. The summed E-state index contributed by atoms with van der Waals surface area (Å²) in [7, 11) is 1.62. The molecule has 0 unspecified atom stereocenters. The minimum Gasteiger partial charge on any atom is -0.493 e. The Morgan fingerprint density at radius 2 is 1.90 bits per heavy atom. The lowest BCUT2D eigenvalue weighted by Gasteiger charge is -2.14. The first-order valence-electron chi connectivity index (χ1n) is 9.73. The first-order chi connectivity index (χ1) is 15.0. The highest BCUT2D eigenvalue weighted by molar-refractivity contribution is 14.1. The van der Waals surface area contributed by atoms with E-state index in [0.717, 1.165) is 14.7 Å². The van der Waals surface area contributed by atoms with Crippen LogP contribution in [0.4, 0.5) is 0 Å². The van der Waals surface area contributed by atoms with E-state index < -0.39 is 0 Å². The lowest BCUT2D eigenvalue weighted by Crippen LogP contribution is -2.27. The van der Waals surface area contributed by atoms with Crippen molar-refractivity contribution in [3.8, 4) is 11.5 Å². The van der Waals surface area contributed by atoms with Gasteiger partial charge >= 0.3 is 0 Å². The van der Waals surface area contributed by atoms with Crippen LogP contribution in [0.25, 0.3) is 16.8 Å². The van der Waals surface area contributed by atoms with Gasteiger partial charge in [-0.1, -0.05) is 60.4 Å². The summed E-state index contributed by atoms with van der Waals surface area (Å²) in [4.78, 5) is 14.7. The Hall–Kier alpha value is -2.10. The smallest absolute Gasteiger partial charge is 0.266 e. The molecule has 1 aliphatic rings. The average molecular weight is 561 g/mol. The van der Waals surface area contributed by atoms with Crippen molar-refractivity contribution in [2.45, 2.75) is 13.5 Å². The number of ether oxygens (including phenoxy) is 2. The molecule has 3 aromatic carbocycles. The highest BCUT2D eigenvalue weighted by Gasteiger charge is 2.30. The van der Waals surface area contributed by atoms with Crippen molar-refractivity contribution < 1.29 is 14.3 Å². The second-order valence-corrected chi connectivity index (χ2v) is 9.77. The van der Waals surface area contributed by atoms with Gasteiger partial charge in [0.2, 0.25) is 0 Å². The van der Waals surface area contributed by atoms with E-state index in [1.54, 1.807) is 12.0 Å². The summed E-state index contributed by atoms with van der Waals surface area (Å²) < 4.78 is 13.2. The number of carbonyl (C=O) groups excluding carboxylic acids is 1. The van der Waals surface area contributed by atoms with Crippen molar-refractivity contribution in [3.05, 3.63) is 74.2 Å². The number of rotatable bonds is 6. The van der Waals surface area contributed by atoms with E-state index in [0.29, 0.717) is 33.9 Å². The van der Waals surface area contributed by atoms with Crippen LogP contribution in [-0.4, -0.2) is 28.8 Å². The molecule has 4 nitrogen and oxygen atoms in total. The van der Waals surface area contributed by atoms with Crippen molar-refractivity contribution in [1.82, 2.24) is 4.90 Å². The average Bonchev–Trinajstić information content (AvgIpc) is 3.04. The lowest BCUT2D eigenvalue weighted by atomic mass is 10.1. The van der Waals surface area contributed by atoms with Crippen molar-refractivity contribution in [2.75, 3.05) is 13.7 Å². The number of thiocarbonyl (C=S) groups is 1. The van der Waals surface area contributed by atoms with Gasteiger partial charge in [0.25, 0.3) is 5.91 Å². The number of fused-ring (bicyclic) bond motifs is 1. The van der Waals surface area contributed by atoms with Crippen LogP contribution in [0, 0.1) is 3.57 Å². The predicted molar refractivity (Wildman–Crippen MR) is 140 cm³/mol. The zero-order valence-corrected chi connectivity index (χ0v) is 20.8. The van der Waals surface area contributed by atoms with Gasteiger partial charge in [-0.05, 0) is 75.7 Å². The van der Waals surface area contributed by atoms with Crippen LogP contribution in [0.5, 0.6) is 11.5 Å². The first kappa shape index (κ1) is 22.1. The molecule has 1 saturated heterocycles. The van der Waals surface area contributed by atoms with E-state index in [9.17, 15) is 4.79 Å². The maximum atomic E-state index is 12.5. The Kier molecular flexibility index (Phi) is 6.83. The molecule has 1 heterocycles. The number of carbonyl (C=O) groups is 1. The molecule has 1 amide bonds. The molecule has 158 valence electrons. The molecule has 0 spiro atoms. The third kappa shape index (κ3) is 4.73. The van der Waals surface area contributed by atoms with Crippen molar-refractivity contribution in [3.63, 3.8) is 0 Å². The van der Waals surface area contributed by atoms with E-state index in [2.05, 4.69) is 52.9 Å². The van der Waals surface area contributed by atoms with Gasteiger partial charge in [0.1, 0.15) is 10.9 Å². The summed E-state index contributed by atoms with van der Waals surface area (Å²) in [6.07, 6.45) is 1.85. The summed E-state index contributed by atoms with van der Waals surface area (Å²) in [6.45, 7) is 2.93. The molecule has 0 bridgehead atoms. The zero-order chi connectivity index (χ0) is 22.0. The topological polar surface area (TPSA) is 38.8 Å². The zero-order valence-electron chi connectivity index (χ0n) is 17.1. The highest BCUT2D eigenvalue weighted by Crippen LogP contribution is 2.37. The number of likely N-dealkylation sites (N-methyl/N-ethyl adjacent to an activating group) is 1. The summed E-state index contributed by atoms with van der Waals surface area (Å²) in [5.74, 6) is 1.27. The quantitative estimate of drug-likeness (QED) is 0.202. The van der Waals surface area contributed by atoms with Crippen LogP contribution in [0.1, 0.15) is 18.1 Å². The molecule has 0 radical (unpaired) electrons. The third-order valence-electron chi connectivity index (χ3n) is 4.94. The van der Waals surface area contributed by atoms with E-state index in [4.69, 9.17) is 21.7 Å². The van der Waals surface area contributed by atoms with Crippen LogP contribution < -0.4 is 9.47 Å². The molecule has 4 rings (SSSR count). The molecule has 7 heteroatoms. The number of halogens is 1. The summed E-state index contributed by atoms with van der Waals surface area (Å²) in [5.41, 5.74) is 1.96. The number of thioether (sulfide) groups is 1. The summed E-state index contributed by atoms with van der Waals surface area (Å²) >= 11 is 8.86. The number of hydrogen-bond acceptors (Lipinski definition) is 5. The molecule has 0 aliphatic carbocycles. The van der Waals surface area contributed by atoms with Gasteiger partial charge in [0, 0.05) is 6.54 Å². The Morgan fingerprint density at radius 1 is 1.13 bits per heavy atom. The molecule has 3 aromatic rings. The highest BCUT2D eigenvalue weighted by atomic mass is 127. The van der Waals surface area contributed by atoms with Gasteiger partial charge in [-0.15, -0.1) is 0 Å². The fourth-order valence-electron chi connectivity index (χ4n) is 3.37. The molecule has 0 N–H and O–H groups in total. The number of benzene rings is 3. The van der Waals surface area contributed by atoms with Gasteiger partial charge in [-0.2, -0.15) is 0 Å². The van der Waals surface area contributed by atoms with Gasteiger partial charge < -0.3 is 9.47 Å². The fourth-order valence-corrected chi connectivity index (χ4v) is 5.54. The monoisotopic (exact) mass is 561 g/mol. The van der Waals surface area contributed by atoms with E-state index >= 15 is 0 Å². The second-order valence-electron chi connectivity index (χ2n) is 6.93. The fraction of sp³-hybridized carbons (Fsp3) is 0.167. The largest absolute Gasteiger partial charge is 0.493 e. The van der Waals surface area contributed by atoms with E-state index in [1.807, 2.05) is 37.3 Å². The van der Waals surface area contributed by atoms with Crippen LogP contribution >= 0.6 is 46.6 Å². The van der Waals surface area contributed by atoms with Crippen molar-refractivity contribution in [2.24, 2.45) is 0 Å². The maximum absolute atomic E-state index is 12.5.